The average molecular weight is 461 g/mol. The molecule has 0 spiro atoms. The Hall–Kier alpha value is -0.990. The van der Waals surface area contributed by atoms with Gasteiger partial charge >= 0.3 is 0 Å². The van der Waals surface area contributed by atoms with Gasteiger partial charge in [-0.15, -0.1) is 0 Å². The smallest absolute Gasteiger partial charge is 0.256 e. The van der Waals surface area contributed by atoms with Crippen LogP contribution in [0.4, 0.5) is 5.69 Å². The second-order valence-corrected chi connectivity index (χ2v) is 6.45. The molecule has 0 unspecified atom stereocenters. The van der Waals surface area contributed by atoms with Crippen LogP contribution in [0.3, 0.4) is 0 Å². The van der Waals surface area contributed by atoms with E-state index in [0.717, 1.165) is 13.6 Å². The van der Waals surface area contributed by atoms with Crippen LogP contribution in [0.15, 0.2) is 46.9 Å². The Bertz CT molecular complexity index is 691. The molecule has 2 rings (SSSR count). The Morgan fingerprint density at radius 2 is 1.95 bits per heavy atom. The Kier molecular flexibility index (Phi) is 5.11. The van der Waals surface area contributed by atoms with Crippen molar-refractivity contribution in [2.75, 3.05) is 5.32 Å². The second-order valence-electron chi connectivity index (χ2n) is 3.99. The van der Waals surface area contributed by atoms with Gasteiger partial charge in [-0.2, -0.15) is 0 Å². The van der Waals surface area contributed by atoms with Gasteiger partial charge in [0.2, 0.25) is 0 Å². The lowest BCUT2D eigenvalue weighted by Crippen LogP contribution is -2.14. The molecule has 0 bridgehead atoms. The summed E-state index contributed by atoms with van der Waals surface area (Å²) in [6.45, 7) is 0. The molecular formula is C14H10BrIN2OS. The summed E-state index contributed by atoms with van der Waals surface area (Å²) in [7, 11) is 0. The molecule has 0 aliphatic heterocycles. The van der Waals surface area contributed by atoms with E-state index in [2.05, 4.69) is 43.8 Å². The summed E-state index contributed by atoms with van der Waals surface area (Å²) in [4.78, 5) is 12.5. The SMILES string of the molecule is NC(=S)c1ccc(NC(=O)c2ccccc2I)c(Br)c1. The van der Waals surface area contributed by atoms with Gasteiger partial charge in [-0.3, -0.25) is 4.79 Å². The predicted octanol–water partition coefficient (Wildman–Crippen LogP) is 3.94. The first kappa shape index (κ1) is 15.4. The highest BCUT2D eigenvalue weighted by Crippen LogP contribution is 2.25. The molecule has 6 heteroatoms. The van der Waals surface area contributed by atoms with Crippen molar-refractivity contribution in [2.24, 2.45) is 5.73 Å². The summed E-state index contributed by atoms with van der Waals surface area (Å²) in [6, 6.07) is 12.7. The minimum atomic E-state index is -0.154. The van der Waals surface area contributed by atoms with Crippen molar-refractivity contribution >= 4 is 67.3 Å². The van der Waals surface area contributed by atoms with Crippen molar-refractivity contribution in [3.63, 3.8) is 0 Å². The van der Waals surface area contributed by atoms with Crippen LogP contribution in [-0.2, 0) is 0 Å². The molecule has 2 aromatic carbocycles. The van der Waals surface area contributed by atoms with Crippen LogP contribution in [0.2, 0.25) is 0 Å². The van der Waals surface area contributed by atoms with Gasteiger partial charge in [0.1, 0.15) is 4.99 Å². The third-order valence-corrected chi connectivity index (χ3v) is 4.45. The third-order valence-electron chi connectivity index (χ3n) is 2.62. The predicted molar refractivity (Wildman–Crippen MR) is 97.1 cm³/mol. The maximum Gasteiger partial charge on any atom is 0.256 e. The number of anilines is 1. The first-order valence-electron chi connectivity index (χ1n) is 5.64. The summed E-state index contributed by atoms with van der Waals surface area (Å²) in [5.41, 5.74) is 7.63. The van der Waals surface area contributed by atoms with Crippen LogP contribution in [0, 0.1) is 3.57 Å². The lowest BCUT2D eigenvalue weighted by molar-refractivity contribution is 0.102. The molecule has 0 aliphatic rings. The molecule has 1 amide bonds. The largest absolute Gasteiger partial charge is 0.389 e. The number of hydrogen-bond donors (Lipinski definition) is 2. The number of hydrogen-bond acceptors (Lipinski definition) is 2. The fourth-order valence-electron chi connectivity index (χ4n) is 1.60. The number of benzene rings is 2. The van der Waals surface area contributed by atoms with Gasteiger partial charge in [-0.25, -0.2) is 0 Å². The van der Waals surface area contributed by atoms with Crippen molar-refractivity contribution in [1.29, 1.82) is 0 Å². The molecule has 102 valence electrons. The summed E-state index contributed by atoms with van der Waals surface area (Å²) in [5.74, 6) is -0.154. The number of thiocarbonyl (C=S) groups is 1. The Labute approximate surface area is 144 Å². The van der Waals surface area contributed by atoms with E-state index in [1.54, 1.807) is 24.3 Å². The van der Waals surface area contributed by atoms with Gasteiger partial charge < -0.3 is 11.1 Å². The molecule has 0 atom stereocenters. The summed E-state index contributed by atoms with van der Waals surface area (Å²) in [5, 5.41) is 2.86. The van der Waals surface area contributed by atoms with Gasteiger partial charge in [0.05, 0.1) is 11.3 Å². The van der Waals surface area contributed by atoms with Crippen molar-refractivity contribution in [1.82, 2.24) is 0 Å². The van der Waals surface area contributed by atoms with Crippen LogP contribution in [-0.4, -0.2) is 10.9 Å². The molecule has 0 aliphatic carbocycles. The van der Waals surface area contributed by atoms with Crippen LogP contribution in [0.5, 0.6) is 0 Å². The monoisotopic (exact) mass is 460 g/mol. The summed E-state index contributed by atoms with van der Waals surface area (Å²) in [6.07, 6.45) is 0. The van der Waals surface area contributed by atoms with E-state index in [0.29, 0.717) is 16.2 Å². The molecule has 0 radical (unpaired) electrons. The lowest BCUT2D eigenvalue weighted by Gasteiger charge is -2.10. The number of amides is 1. The topological polar surface area (TPSA) is 55.1 Å². The van der Waals surface area contributed by atoms with E-state index in [1.807, 2.05) is 18.2 Å². The van der Waals surface area contributed by atoms with Crippen LogP contribution >= 0.6 is 50.7 Å². The number of nitrogens with one attached hydrogen (secondary N) is 1. The van der Waals surface area contributed by atoms with E-state index in [4.69, 9.17) is 18.0 Å². The third kappa shape index (κ3) is 3.56. The van der Waals surface area contributed by atoms with Crippen molar-refractivity contribution in [3.8, 4) is 0 Å². The minimum absolute atomic E-state index is 0.154. The molecule has 0 saturated carbocycles. The Morgan fingerprint density at radius 3 is 2.55 bits per heavy atom. The number of nitrogens with two attached hydrogens (primary N) is 1. The second kappa shape index (κ2) is 6.64. The average Bonchev–Trinajstić information content (AvgIpc) is 2.41. The first-order chi connectivity index (χ1) is 9.49. The highest BCUT2D eigenvalue weighted by Gasteiger charge is 2.11. The van der Waals surface area contributed by atoms with Crippen LogP contribution < -0.4 is 11.1 Å². The molecule has 0 fully saturated rings. The van der Waals surface area contributed by atoms with E-state index in [9.17, 15) is 4.79 Å². The van der Waals surface area contributed by atoms with E-state index >= 15 is 0 Å². The van der Waals surface area contributed by atoms with Crippen LogP contribution in [0.1, 0.15) is 15.9 Å². The van der Waals surface area contributed by atoms with E-state index < -0.39 is 0 Å². The van der Waals surface area contributed by atoms with Gasteiger partial charge in [0.25, 0.3) is 5.91 Å². The zero-order valence-electron chi connectivity index (χ0n) is 10.2. The van der Waals surface area contributed by atoms with E-state index in [-0.39, 0.29) is 5.91 Å². The zero-order chi connectivity index (χ0) is 14.7. The van der Waals surface area contributed by atoms with Crippen molar-refractivity contribution < 1.29 is 4.79 Å². The Morgan fingerprint density at radius 1 is 1.25 bits per heavy atom. The molecule has 3 N–H and O–H groups in total. The van der Waals surface area contributed by atoms with Crippen molar-refractivity contribution in [3.05, 3.63) is 61.6 Å². The molecule has 2 aromatic rings. The molecule has 0 saturated heterocycles. The zero-order valence-corrected chi connectivity index (χ0v) is 14.8. The fraction of sp³-hybridized carbons (Fsp3) is 0. The maximum atomic E-state index is 12.2. The number of rotatable bonds is 3. The summed E-state index contributed by atoms with van der Waals surface area (Å²) < 4.78 is 1.64. The summed E-state index contributed by atoms with van der Waals surface area (Å²) >= 11 is 10.5. The molecular weight excluding hydrogens is 451 g/mol. The number of carbonyl (C=O) groups is 1. The highest BCUT2D eigenvalue weighted by molar-refractivity contribution is 14.1. The quantitative estimate of drug-likeness (QED) is 0.538. The lowest BCUT2D eigenvalue weighted by atomic mass is 10.2. The van der Waals surface area contributed by atoms with Crippen LogP contribution in [0.25, 0.3) is 0 Å². The number of halogens is 2. The van der Waals surface area contributed by atoms with Gasteiger partial charge in [-0.1, -0.05) is 24.4 Å². The van der Waals surface area contributed by atoms with Gasteiger partial charge in [0.15, 0.2) is 0 Å². The number of carbonyl (C=O) groups excluding carboxylic acids is 1. The Balaban J connectivity index is 2.25. The highest BCUT2D eigenvalue weighted by atomic mass is 127. The standard InChI is InChI=1S/C14H10BrIN2OS/c15-10-7-8(13(17)20)5-6-12(10)18-14(19)9-3-1-2-4-11(9)16/h1-7H,(H2,17,20)(H,18,19). The molecule has 0 aromatic heterocycles. The fourth-order valence-corrected chi connectivity index (χ4v) is 2.84. The maximum absolute atomic E-state index is 12.2. The van der Waals surface area contributed by atoms with Crippen molar-refractivity contribution in [2.45, 2.75) is 0 Å². The molecule has 20 heavy (non-hydrogen) atoms. The van der Waals surface area contributed by atoms with E-state index in [1.165, 1.54) is 0 Å². The van der Waals surface area contributed by atoms with Gasteiger partial charge in [-0.05, 0) is 68.9 Å². The molecule has 3 nitrogen and oxygen atoms in total. The minimum Gasteiger partial charge on any atom is -0.389 e. The van der Waals surface area contributed by atoms with Gasteiger partial charge in [0, 0.05) is 13.6 Å². The first-order valence-corrected chi connectivity index (χ1v) is 7.92. The molecule has 0 heterocycles. The normalized spacial score (nSPS) is 10.1.